The summed E-state index contributed by atoms with van der Waals surface area (Å²) in [6.07, 6.45) is 3.79. The second-order valence-electron chi connectivity index (χ2n) is 5.29. The average Bonchev–Trinajstić information content (AvgIpc) is 3.01. The molecule has 1 aliphatic rings. The van der Waals surface area contributed by atoms with Gasteiger partial charge in [0.05, 0.1) is 15.9 Å². The third kappa shape index (κ3) is 2.43. The van der Waals surface area contributed by atoms with Crippen molar-refractivity contribution in [1.29, 1.82) is 0 Å². The highest BCUT2D eigenvalue weighted by molar-refractivity contribution is 9.10. The van der Waals surface area contributed by atoms with Crippen molar-refractivity contribution in [3.63, 3.8) is 0 Å². The molecule has 3 nitrogen and oxygen atoms in total. The van der Waals surface area contributed by atoms with Crippen LogP contribution in [0.2, 0.25) is 0 Å². The summed E-state index contributed by atoms with van der Waals surface area (Å²) < 4.78 is 3.22. The van der Waals surface area contributed by atoms with E-state index in [1.54, 1.807) is 0 Å². The molecular formula is C13H22BrN3. The van der Waals surface area contributed by atoms with Crippen LogP contribution in [0.3, 0.4) is 0 Å². The molecule has 1 N–H and O–H groups in total. The molecule has 96 valence electrons. The number of nitrogens with zero attached hydrogens (tertiary/aromatic N) is 2. The maximum atomic E-state index is 4.48. The van der Waals surface area contributed by atoms with Crippen LogP contribution >= 0.6 is 15.9 Å². The van der Waals surface area contributed by atoms with E-state index >= 15 is 0 Å². The van der Waals surface area contributed by atoms with E-state index in [9.17, 15) is 0 Å². The summed E-state index contributed by atoms with van der Waals surface area (Å²) in [5.41, 5.74) is 2.89. The average molecular weight is 300 g/mol. The van der Waals surface area contributed by atoms with Crippen LogP contribution in [-0.2, 0) is 13.5 Å². The molecule has 1 saturated carbocycles. The molecule has 1 aliphatic carbocycles. The number of nitrogens with one attached hydrogen (secondary N) is 1. The van der Waals surface area contributed by atoms with Crippen molar-refractivity contribution < 1.29 is 0 Å². The lowest BCUT2D eigenvalue weighted by Gasteiger charge is -2.24. The zero-order valence-corrected chi connectivity index (χ0v) is 12.8. The number of rotatable bonds is 5. The highest BCUT2D eigenvalue weighted by Gasteiger charge is 2.47. The molecule has 17 heavy (non-hydrogen) atoms. The van der Waals surface area contributed by atoms with Crippen LogP contribution in [0.15, 0.2) is 4.47 Å². The lowest BCUT2D eigenvalue weighted by molar-refractivity contribution is 0.348. The van der Waals surface area contributed by atoms with Crippen LogP contribution in [0.5, 0.6) is 0 Å². The van der Waals surface area contributed by atoms with Gasteiger partial charge < -0.3 is 5.32 Å². The van der Waals surface area contributed by atoms with Gasteiger partial charge in [-0.15, -0.1) is 0 Å². The van der Waals surface area contributed by atoms with Gasteiger partial charge in [-0.1, -0.05) is 6.92 Å². The topological polar surface area (TPSA) is 29.9 Å². The lowest BCUT2D eigenvalue weighted by Crippen LogP contribution is -2.36. The van der Waals surface area contributed by atoms with Crippen molar-refractivity contribution in [2.45, 2.75) is 46.1 Å². The fourth-order valence-electron chi connectivity index (χ4n) is 2.65. The molecular weight excluding hydrogens is 278 g/mol. The van der Waals surface area contributed by atoms with E-state index in [-0.39, 0.29) is 0 Å². The second-order valence-corrected chi connectivity index (χ2v) is 6.08. The maximum Gasteiger partial charge on any atom is 0.0738 e. The Morgan fingerprint density at radius 1 is 1.53 bits per heavy atom. The van der Waals surface area contributed by atoms with Crippen LogP contribution in [0.25, 0.3) is 0 Å². The van der Waals surface area contributed by atoms with Crippen LogP contribution in [0, 0.1) is 12.3 Å². The van der Waals surface area contributed by atoms with Crippen molar-refractivity contribution in [1.82, 2.24) is 15.1 Å². The first-order valence-electron chi connectivity index (χ1n) is 6.41. The Labute approximate surface area is 112 Å². The van der Waals surface area contributed by atoms with Crippen molar-refractivity contribution in [3.05, 3.63) is 15.9 Å². The molecule has 2 rings (SSSR count). The summed E-state index contributed by atoms with van der Waals surface area (Å²) in [5.74, 6) is 0. The van der Waals surface area contributed by atoms with Crippen molar-refractivity contribution in [2.75, 3.05) is 6.54 Å². The highest BCUT2D eigenvalue weighted by atomic mass is 79.9. The van der Waals surface area contributed by atoms with E-state index in [4.69, 9.17) is 0 Å². The van der Waals surface area contributed by atoms with Gasteiger partial charge in [-0.2, -0.15) is 5.10 Å². The molecule has 1 atom stereocenters. The highest BCUT2D eigenvalue weighted by Crippen LogP contribution is 2.52. The van der Waals surface area contributed by atoms with Crippen molar-refractivity contribution in [3.8, 4) is 0 Å². The molecule has 1 aromatic heterocycles. The Hall–Kier alpha value is -0.350. The summed E-state index contributed by atoms with van der Waals surface area (Å²) in [4.78, 5) is 0. The number of halogens is 1. The van der Waals surface area contributed by atoms with Gasteiger partial charge in [0.2, 0.25) is 0 Å². The van der Waals surface area contributed by atoms with E-state index in [1.165, 1.54) is 23.0 Å². The normalized spacial score (nSPS) is 19.4. The zero-order valence-electron chi connectivity index (χ0n) is 11.2. The summed E-state index contributed by atoms with van der Waals surface area (Å²) in [6, 6.07) is 0.592. The third-order valence-corrected chi connectivity index (χ3v) is 5.13. The second kappa shape index (κ2) is 4.73. The van der Waals surface area contributed by atoms with Crippen LogP contribution in [-0.4, -0.2) is 22.4 Å². The van der Waals surface area contributed by atoms with Gasteiger partial charge in [0.25, 0.3) is 0 Å². The quantitative estimate of drug-likeness (QED) is 0.906. The third-order valence-electron chi connectivity index (χ3n) is 4.10. The fraction of sp³-hybridized carbons (Fsp3) is 0.769. The number of hydrogen-bond donors (Lipinski definition) is 1. The van der Waals surface area contributed by atoms with Gasteiger partial charge >= 0.3 is 0 Å². The van der Waals surface area contributed by atoms with Crippen LogP contribution in [0.4, 0.5) is 0 Å². The summed E-state index contributed by atoms with van der Waals surface area (Å²) in [6.45, 7) is 7.60. The molecule has 0 spiro atoms. The Kier molecular flexibility index (Phi) is 3.64. The number of aryl methyl sites for hydroxylation is 2. The van der Waals surface area contributed by atoms with Gasteiger partial charge in [0.1, 0.15) is 0 Å². The number of aromatic nitrogens is 2. The molecule has 1 aromatic rings. The fourth-order valence-corrected chi connectivity index (χ4v) is 3.13. The standard InChI is InChI=1S/C13H22BrN3/c1-5-15-10(3)13(6-7-13)8-11-12(14)9(2)16-17(11)4/h10,15H,5-8H2,1-4H3. The van der Waals surface area contributed by atoms with Crippen LogP contribution in [0.1, 0.15) is 38.1 Å². The van der Waals surface area contributed by atoms with Crippen molar-refractivity contribution in [2.24, 2.45) is 12.5 Å². The summed E-state index contributed by atoms with van der Waals surface area (Å²) in [7, 11) is 2.04. The summed E-state index contributed by atoms with van der Waals surface area (Å²) >= 11 is 3.67. The molecule has 0 saturated heterocycles. The first kappa shape index (κ1) is 13.1. The summed E-state index contributed by atoms with van der Waals surface area (Å²) in [5, 5.41) is 8.05. The first-order valence-corrected chi connectivity index (χ1v) is 7.21. The molecule has 4 heteroatoms. The Morgan fingerprint density at radius 3 is 2.59 bits per heavy atom. The minimum atomic E-state index is 0.457. The Bertz CT molecular complexity index is 407. The zero-order chi connectivity index (χ0) is 12.6. The molecule has 0 radical (unpaired) electrons. The van der Waals surface area contributed by atoms with Crippen molar-refractivity contribution >= 4 is 15.9 Å². The predicted octanol–water partition coefficient (Wildman–Crippen LogP) is 2.81. The monoisotopic (exact) mass is 299 g/mol. The van der Waals surface area contributed by atoms with Gasteiger partial charge in [-0.05, 0) is 61.0 Å². The number of hydrogen-bond acceptors (Lipinski definition) is 2. The van der Waals surface area contributed by atoms with Gasteiger partial charge in [-0.25, -0.2) is 0 Å². The smallest absolute Gasteiger partial charge is 0.0738 e. The van der Waals surface area contributed by atoms with Gasteiger partial charge in [0, 0.05) is 13.1 Å². The Morgan fingerprint density at radius 2 is 2.18 bits per heavy atom. The van der Waals surface area contributed by atoms with E-state index < -0.39 is 0 Å². The maximum absolute atomic E-state index is 4.48. The molecule has 0 bridgehead atoms. The predicted molar refractivity (Wildman–Crippen MR) is 74.2 cm³/mol. The minimum absolute atomic E-state index is 0.457. The molecule has 0 aromatic carbocycles. The first-order chi connectivity index (χ1) is 8.00. The van der Waals surface area contributed by atoms with E-state index in [0.29, 0.717) is 11.5 Å². The van der Waals surface area contributed by atoms with Crippen LogP contribution < -0.4 is 5.32 Å². The van der Waals surface area contributed by atoms with E-state index in [1.807, 2.05) is 11.7 Å². The van der Waals surface area contributed by atoms with E-state index in [0.717, 1.165) is 18.7 Å². The molecule has 1 fully saturated rings. The lowest BCUT2D eigenvalue weighted by atomic mass is 9.92. The molecule has 0 aliphatic heterocycles. The molecule has 1 unspecified atom stereocenters. The molecule has 1 heterocycles. The Balaban J connectivity index is 2.15. The largest absolute Gasteiger partial charge is 0.314 e. The SMILES string of the molecule is CCNC(C)C1(Cc2c(Br)c(C)nn2C)CC1. The van der Waals surface area contributed by atoms with E-state index in [2.05, 4.69) is 47.1 Å². The van der Waals surface area contributed by atoms with Gasteiger partial charge in [0.15, 0.2) is 0 Å². The molecule has 0 amide bonds. The minimum Gasteiger partial charge on any atom is -0.314 e. The van der Waals surface area contributed by atoms with Gasteiger partial charge in [-0.3, -0.25) is 4.68 Å².